The Hall–Kier alpha value is -1.82. The van der Waals surface area contributed by atoms with Crippen LogP contribution >= 0.6 is 23.1 Å². The van der Waals surface area contributed by atoms with Crippen molar-refractivity contribution in [2.45, 2.75) is 63.8 Å². The lowest BCUT2D eigenvalue weighted by molar-refractivity contribution is -0.124. The zero-order valence-electron chi connectivity index (χ0n) is 20.0. The number of amides is 2. The summed E-state index contributed by atoms with van der Waals surface area (Å²) < 4.78 is 10.7. The minimum Gasteiger partial charge on any atom is -0.381 e. The summed E-state index contributed by atoms with van der Waals surface area (Å²) in [7, 11) is 0. The highest BCUT2D eigenvalue weighted by molar-refractivity contribution is 8.17. The molecule has 0 aromatic carbocycles. The van der Waals surface area contributed by atoms with Crippen molar-refractivity contribution >= 4 is 45.1 Å². The summed E-state index contributed by atoms with van der Waals surface area (Å²) in [6, 6.07) is 0.185. The topological polar surface area (TPSA) is 115 Å². The van der Waals surface area contributed by atoms with E-state index in [1.54, 1.807) is 11.8 Å². The number of rotatable bonds is 6. The van der Waals surface area contributed by atoms with Gasteiger partial charge in [0.05, 0.1) is 41.2 Å². The van der Waals surface area contributed by atoms with E-state index in [1.165, 1.54) is 11.3 Å². The number of nitrogens with zero attached hydrogens (tertiary/aromatic N) is 3. The van der Waals surface area contributed by atoms with Gasteiger partial charge in [0.1, 0.15) is 5.01 Å². The molecule has 5 rings (SSSR count). The highest BCUT2D eigenvalue weighted by Crippen LogP contribution is 2.42. The van der Waals surface area contributed by atoms with E-state index in [-0.39, 0.29) is 29.7 Å². The first-order chi connectivity index (χ1) is 17.0. The van der Waals surface area contributed by atoms with Crippen molar-refractivity contribution in [3.05, 3.63) is 16.1 Å². The summed E-state index contributed by atoms with van der Waals surface area (Å²) in [5, 5.41) is 18.3. The fourth-order valence-electron chi connectivity index (χ4n) is 5.00. The number of thioether (sulfide) groups is 1. The van der Waals surface area contributed by atoms with Crippen molar-refractivity contribution < 1.29 is 19.1 Å². The van der Waals surface area contributed by atoms with Gasteiger partial charge in [-0.25, -0.2) is 0 Å². The Kier molecular flexibility index (Phi) is 8.16. The van der Waals surface area contributed by atoms with Crippen LogP contribution in [0.2, 0.25) is 0 Å². The summed E-state index contributed by atoms with van der Waals surface area (Å²) in [6.07, 6.45) is 8.64. The fourth-order valence-corrected chi connectivity index (χ4v) is 7.06. The SMILES string of the molecule is CC1CC=C(NC(=O)C2CCOC2)SC(C2CCCC(c3nnc(NC(=O)C4CCOC4)s3)C2)=N1. The maximum absolute atomic E-state index is 12.7. The molecule has 190 valence electrons. The van der Waals surface area contributed by atoms with Crippen LogP contribution in [0.25, 0.3) is 0 Å². The van der Waals surface area contributed by atoms with Crippen LogP contribution < -0.4 is 10.6 Å². The van der Waals surface area contributed by atoms with Crippen LogP contribution in [0.1, 0.15) is 62.8 Å². The molecule has 1 aromatic heterocycles. The number of anilines is 1. The monoisotopic (exact) mass is 519 g/mol. The van der Waals surface area contributed by atoms with Gasteiger partial charge in [-0.3, -0.25) is 14.6 Å². The molecule has 5 unspecified atom stereocenters. The number of aromatic nitrogens is 2. The molecule has 5 atom stereocenters. The van der Waals surface area contributed by atoms with Crippen molar-refractivity contribution in [1.82, 2.24) is 15.5 Å². The van der Waals surface area contributed by atoms with E-state index in [2.05, 4.69) is 33.8 Å². The molecular formula is C24H33N5O4S2. The first-order valence-corrected chi connectivity index (χ1v) is 14.2. The molecule has 2 amide bonds. The van der Waals surface area contributed by atoms with E-state index in [9.17, 15) is 9.59 Å². The minimum atomic E-state index is -0.0994. The van der Waals surface area contributed by atoms with Gasteiger partial charge in [-0.05, 0) is 45.4 Å². The summed E-state index contributed by atoms with van der Waals surface area (Å²) in [4.78, 5) is 30.1. The number of aliphatic imine (C=N–C) groups is 1. The van der Waals surface area contributed by atoms with Crippen molar-refractivity contribution in [1.29, 1.82) is 0 Å². The third-order valence-electron chi connectivity index (χ3n) is 7.10. The predicted molar refractivity (Wildman–Crippen MR) is 136 cm³/mol. The molecule has 2 N–H and O–H groups in total. The van der Waals surface area contributed by atoms with E-state index >= 15 is 0 Å². The molecule has 3 fully saturated rings. The average Bonchev–Trinajstić information content (AvgIpc) is 3.63. The van der Waals surface area contributed by atoms with Gasteiger partial charge in [0, 0.05) is 25.0 Å². The second-order valence-electron chi connectivity index (χ2n) is 9.83. The molecule has 1 aliphatic carbocycles. The molecule has 4 aliphatic rings. The minimum absolute atomic E-state index is 0.0320. The lowest BCUT2D eigenvalue weighted by Gasteiger charge is -2.29. The Labute approximate surface area is 213 Å². The van der Waals surface area contributed by atoms with E-state index < -0.39 is 0 Å². The molecule has 0 bridgehead atoms. The van der Waals surface area contributed by atoms with Gasteiger partial charge in [-0.1, -0.05) is 35.6 Å². The Morgan fingerprint density at radius 2 is 1.69 bits per heavy atom. The Morgan fingerprint density at radius 1 is 0.971 bits per heavy atom. The number of hydrogen-bond donors (Lipinski definition) is 2. The van der Waals surface area contributed by atoms with E-state index in [4.69, 9.17) is 14.5 Å². The van der Waals surface area contributed by atoms with Gasteiger partial charge < -0.3 is 20.1 Å². The zero-order valence-corrected chi connectivity index (χ0v) is 21.7. The van der Waals surface area contributed by atoms with Crippen molar-refractivity contribution in [3.63, 3.8) is 0 Å². The second kappa shape index (κ2) is 11.5. The number of carbonyl (C=O) groups excluding carboxylic acids is 2. The Bertz CT molecular complexity index is 984. The molecule has 4 heterocycles. The summed E-state index contributed by atoms with van der Waals surface area (Å²) in [5.41, 5.74) is 0. The highest BCUT2D eigenvalue weighted by atomic mass is 32.2. The number of nitrogens with one attached hydrogen (secondary N) is 2. The second-order valence-corrected chi connectivity index (χ2v) is 11.9. The van der Waals surface area contributed by atoms with E-state index in [1.807, 2.05) is 0 Å². The third kappa shape index (κ3) is 6.31. The Morgan fingerprint density at radius 3 is 2.40 bits per heavy atom. The van der Waals surface area contributed by atoms with Crippen molar-refractivity contribution in [2.75, 3.05) is 31.7 Å². The normalized spacial score (nSPS) is 31.4. The van der Waals surface area contributed by atoms with E-state index in [0.29, 0.717) is 43.4 Å². The standard InChI is InChI=1S/C24H33N5O4S2/c1-14-5-6-19(26-20(30)17-7-9-32-12-17)34-22(25-14)15-3-2-4-16(11-15)23-28-29-24(35-23)27-21(31)18-8-10-33-13-18/h6,14-18H,2-5,7-13H2,1H3,(H,26,30)(H,27,29,31). The van der Waals surface area contributed by atoms with Crippen LogP contribution in [0.4, 0.5) is 5.13 Å². The Balaban J connectivity index is 1.21. The molecule has 0 spiro atoms. The van der Waals surface area contributed by atoms with Crippen LogP contribution in [0, 0.1) is 17.8 Å². The molecule has 2 saturated heterocycles. The van der Waals surface area contributed by atoms with Crippen LogP contribution in [0.3, 0.4) is 0 Å². The van der Waals surface area contributed by atoms with Crippen LogP contribution in [0.15, 0.2) is 16.1 Å². The quantitative estimate of drug-likeness (QED) is 0.589. The average molecular weight is 520 g/mol. The van der Waals surface area contributed by atoms with Crippen LogP contribution in [0.5, 0.6) is 0 Å². The van der Waals surface area contributed by atoms with Crippen LogP contribution in [-0.4, -0.2) is 59.5 Å². The molecule has 35 heavy (non-hydrogen) atoms. The van der Waals surface area contributed by atoms with Gasteiger partial charge in [-0.15, -0.1) is 10.2 Å². The first-order valence-electron chi connectivity index (χ1n) is 12.6. The smallest absolute Gasteiger partial charge is 0.231 e. The molecule has 11 heteroatoms. The third-order valence-corrected chi connectivity index (χ3v) is 9.24. The van der Waals surface area contributed by atoms with Gasteiger partial charge >= 0.3 is 0 Å². The molecule has 9 nitrogen and oxygen atoms in total. The van der Waals surface area contributed by atoms with Gasteiger partial charge in [-0.2, -0.15) is 0 Å². The van der Waals surface area contributed by atoms with Gasteiger partial charge in [0.25, 0.3) is 0 Å². The number of ether oxygens (including phenoxy) is 2. The van der Waals surface area contributed by atoms with Crippen molar-refractivity contribution in [3.8, 4) is 0 Å². The maximum atomic E-state index is 12.7. The summed E-state index contributed by atoms with van der Waals surface area (Å²) in [6.45, 7) is 4.40. The molecule has 3 aliphatic heterocycles. The lowest BCUT2D eigenvalue weighted by atomic mass is 9.82. The molecular weight excluding hydrogens is 486 g/mol. The number of carbonyl (C=O) groups is 2. The predicted octanol–water partition coefficient (Wildman–Crippen LogP) is 3.70. The van der Waals surface area contributed by atoms with Gasteiger partial charge in [0.2, 0.25) is 16.9 Å². The summed E-state index contributed by atoms with van der Waals surface area (Å²) >= 11 is 3.09. The molecule has 1 saturated carbocycles. The largest absolute Gasteiger partial charge is 0.381 e. The molecule has 1 aromatic rings. The van der Waals surface area contributed by atoms with Crippen molar-refractivity contribution in [2.24, 2.45) is 22.7 Å². The fraction of sp³-hybridized carbons (Fsp3) is 0.708. The van der Waals surface area contributed by atoms with Crippen LogP contribution in [-0.2, 0) is 19.1 Å². The number of hydrogen-bond acceptors (Lipinski definition) is 9. The van der Waals surface area contributed by atoms with Gasteiger partial charge in [0.15, 0.2) is 0 Å². The maximum Gasteiger partial charge on any atom is 0.231 e. The first kappa shape index (κ1) is 24.9. The highest BCUT2D eigenvalue weighted by Gasteiger charge is 2.32. The molecule has 0 radical (unpaired) electrons. The summed E-state index contributed by atoms with van der Waals surface area (Å²) in [5.74, 6) is 0.473. The lowest BCUT2D eigenvalue weighted by Crippen LogP contribution is -2.30. The zero-order chi connectivity index (χ0) is 24.2. The van der Waals surface area contributed by atoms with E-state index in [0.717, 1.165) is 60.0 Å².